The SMILES string of the molecule is CCc1ccccc1NC(=O)N[C@@H]1CCCC[C@@H]1C. The fourth-order valence-electron chi connectivity index (χ4n) is 2.81. The molecule has 1 saturated carbocycles. The summed E-state index contributed by atoms with van der Waals surface area (Å²) < 4.78 is 0. The predicted octanol–water partition coefficient (Wildman–Crippen LogP) is 3.95. The minimum atomic E-state index is -0.0698. The highest BCUT2D eigenvalue weighted by Gasteiger charge is 2.22. The van der Waals surface area contributed by atoms with Crippen LogP contribution in [0.15, 0.2) is 24.3 Å². The third kappa shape index (κ3) is 3.72. The first kappa shape index (κ1) is 13.9. The Morgan fingerprint density at radius 3 is 2.74 bits per heavy atom. The van der Waals surface area contributed by atoms with Crippen LogP contribution in [0.3, 0.4) is 0 Å². The third-order valence-corrected chi connectivity index (χ3v) is 4.07. The number of para-hydroxylation sites is 1. The Balaban J connectivity index is 1.93. The molecule has 0 aliphatic heterocycles. The lowest BCUT2D eigenvalue weighted by atomic mass is 9.86. The Morgan fingerprint density at radius 1 is 1.26 bits per heavy atom. The molecule has 3 nitrogen and oxygen atoms in total. The van der Waals surface area contributed by atoms with Crippen molar-refractivity contribution in [2.75, 3.05) is 5.32 Å². The molecule has 1 aromatic rings. The molecule has 0 saturated heterocycles. The fourth-order valence-corrected chi connectivity index (χ4v) is 2.81. The maximum Gasteiger partial charge on any atom is 0.319 e. The van der Waals surface area contributed by atoms with Crippen LogP contribution in [-0.2, 0) is 6.42 Å². The summed E-state index contributed by atoms with van der Waals surface area (Å²) in [5, 5.41) is 6.10. The van der Waals surface area contributed by atoms with Crippen LogP contribution in [0, 0.1) is 5.92 Å². The topological polar surface area (TPSA) is 41.1 Å². The van der Waals surface area contributed by atoms with Crippen molar-refractivity contribution in [1.29, 1.82) is 0 Å². The second-order valence-corrected chi connectivity index (χ2v) is 5.48. The molecule has 104 valence electrons. The second kappa shape index (κ2) is 6.60. The minimum absolute atomic E-state index is 0.0698. The number of aryl methyl sites for hydroxylation is 1. The standard InChI is InChI=1S/C16H24N2O/c1-3-13-9-5-7-11-15(13)18-16(19)17-14-10-6-4-8-12(14)2/h5,7,9,11-12,14H,3-4,6,8,10H2,1-2H3,(H2,17,18,19)/t12-,14+/m0/s1. The molecule has 0 aromatic heterocycles. The summed E-state index contributed by atoms with van der Waals surface area (Å²) in [6.07, 6.45) is 5.76. The predicted molar refractivity (Wildman–Crippen MR) is 79.4 cm³/mol. The Morgan fingerprint density at radius 2 is 2.00 bits per heavy atom. The van der Waals surface area contributed by atoms with E-state index in [2.05, 4.69) is 30.5 Å². The van der Waals surface area contributed by atoms with Gasteiger partial charge in [0.25, 0.3) is 0 Å². The van der Waals surface area contributed by atoms with Gasteiger partial charge in [-0.25, -0.2) is 4.79 Å². The quantitative estimate of drug-likeness (QED) is 0.849. The summed E-state index contributed by atoms with van der Waals surface area (Å²) in [4.78, 5) is 12.1. The van der Waals surface area contributed by atoms with E-state index in [4.69, 9.17) is 0 Å². The highest BCUT2D eigenvalue weighted by Crippen LogP contribution is 2.24. The molecule has 1 aromatic carbocycles. The van der Waals surface area contributed by atoms with Gasteiger partial charge in [0.15, 0.2) is 0 Å². The maximum absolute atomic E-state index is 12.1. The van der Waals surface area contributed by atoms with Gasteiger partial charge in [-0.3, -0.25) is 0 Å². The van der Waals surface area contributed by atoms with E-state index in [0.717, 1.165) is 18.5 Å². The van der Waals surface area contributed by atoms with Crippen LogP contribution < -0.4 is 10.6 Å². The summed E-state index contributed by atoms with van der Waals surface area (Å²) in [5.74, 6) is 0.584. The lowest BCUT2D eigenvalue weighted by Crippen LogP contribution is -2.43. The molecule has 2 N–H and O–H groups in total. The van der Waals surface area contributed by atoms with Crippen LogP contribution in [-0.4, -0.2) is 12.1 Å². The van der Waals surface area contributed by atoms with Crippen LogP contribution in [0.1, 0.15) is 45.1 Å². The molecule has 0 unspecified atom stereocenters. The summed E-state index contributed by atoms with van der Waals surface area (Å²) in [7, 11) is 0. The van der Waals surface area contributed by atoms with E-state index in [1.807, 2.05) is 18.2 Å². The molecule has 0 heterocycles. The van der Waals surface area contributed by atoms with Crippen molar-refractivity contribution in [1.82, 2.24) is 5.32 Å². The summed E-state index contributed by atoms with van der Waals surface area (Å²) >= 11 is 0. The zero-order valence-corrected chi connectivity index (χ0v) is 11.9. The van der Waals surface area contributed by atoms with Crippen molar-refractivity contribution in [2.45, 2.75) is 52.0 Å². The number of benzene rings is 1. The van der Waals surface area contributed by atoms with Gasteiger partial charge in [0.05, 0.1) is 0 Å². The number of hydrogen-bond acceptors (Lipinski definition) is 1. The van der Waals surface area contributed by atoms with Gasteiger partial charge in [-0.2, -0.15) is 0 Å². The number of anilines is 1. The first-order chi connectivity index (χ1) is 9.20. The molecular formula is C16H24N2O. The van der Waals surface area contributed by atoms with Crippen molar-refractivity contribution < 1.29 is 4.79 Å². The summed E-state index contributed by atoms with van der Waals surface area (Å²) in [6, 6.07) is 8.23. The largest absolute Gasteiger partial charge is 0.335 e. The molecular weight excluding hydrogens is 236 g/mol. The zero-order chi connectivity index (χ0) is 13.7. The molecule has 3 heteroatoms. The monoisotopic (exact) mass is 260 g/mol. The molecule has 2 amide bonds. The van der Waals surface area contributed by atoms with E-state index in [1.54, 1.807) is 0 Å². The highest BCUT2D eigenvalue weighted by molar-refractivity contribution is 5.90. The van der Waals surface area contributed by atoms with Gasteiger partial charge in [-0.05, 0) is 36.8 Å². The van der Waals surface area contributed by atoms with Gasteiger partial charge in [0.2, 0.25) is 0 Å². The van der Waals surface area contributed by atoms with E-state index in [0.29, 0.717) is 12.0 Å². The van der Waals surface area contributed by atoms with Gasteiger partial charge in [-0.1, -0.05) is 44.9 Å². The lowest BCUT2D eigenvalue weighted by molar-refractivity contribution is 0.232. The number of hydrogen-bond donors (Lipinski definition) is 2. The van der Waals surface area contributed by atoms with Crippen LogP contribution in [0.5, 0.6) is 0 Å². The van der Waals surface area contributed by atoms with Crippen LogP contribution in [0.25, 0.3) is 0 Å². The van der Waals surface area contributed by atoms with Crippen molar-refractivity contribution >= 4 is 11.7 Å². The van der Waals surface area contributed by atoms with Crippen LogP contribution in [0.2, 0.25) is 0 Å². The maximum atomic E-state index is 12.1. The summed E-state index contributed by atoms with van der Waals surface area (Å²) in [5.41, 5.74) is 2.10. The molecule has 2 atom stereocenters. The number of nitrogens with one attached hydrogen (secondary N) is 2. The van der Waals surface area contributed by atoms with Gasteiger partial charge < -0.3 is 10.6 Å². The number of rotatable bonds is 3. The molecule has 0 radical (unpaired) electrons. The van der Waals surface area contributed by atoms with Crippen LogP contribution >= 0.6 is 0 Å². The highest BCUT2D eigenvalue weighted by atomic mass is 16.2. The number of carbonyl (C=O) groups is 1. The Bertz CT molecular complexity index is 431. The van der Waals surface area contributed by atoms with Crippen LogP contribution in [0.4, 0.5) is 10.5 Å². The normalized spacial score (nSPS) is 22.8. The van der Waals surface area contributed by atoms with Gasteiger partial charge in [0.1, 0.15) is 0 Å². The minimum Gasteiger partial charge on any atom is -0.335 e. The smallest absolute Gasteiger partial charge is 0.319 e. The molecule has 0 bridgehead atoms. The number of urea groups is 1. The molecule has 1 fully saturated rings. The molecule has 19 heavy (non-hydrogen) atoms. The van der Waals surface area contributed by atoms with Crippen molar-refractivity contribution in [3.05, 3.63) is 29.8 Å². The third-order valence-electron chi connectivity index (χ3n) is 4.07. The fraction of sp³-hybridized carbons (Fsp3) is 0.562. The van der Waals surface area contributed by atoms with E-state index in [1.165, 1.54) is 24.8 Å². The van der Waals surface area contributed by atoms with E-state index in [9.17, 15) is 4.79 Å². The van der Waals surface area contributed by atoms with Gasteiger partial charge in [0, 0.05) is 11.7 Å². The molecule has 1 aliphatic carbocycles. The molecule has 2 rings (SSSR count). The van der Waals surface area contributed by atoms with E-state index in [-0.39, 0.29) is 6.03 Å². The van der Waals surface area contributed by atoms with Crippen molar-refractivity contribution in [2.24, 2.45) is 5.92 Å². The van der Waals surface area contributed by atoms with Gasteiger partial charge in [-0.15, -0.1) is 0 Å². The van der Waals surface area contributed by atoms with E-state index < -0.39 is 0 Å². The first-order valence-electron chi connectivity index (χ1n) is 7.36. The van der Waals surface area contributed by atoms with E-state index >= 15 is 0 Å². The summed E-state index contributed by atoms with van der Waals surface area (Å²) in [6.45, 7) is 4.33. The van der Waals surface area contributed by atoms with Crippen molar-refractivity contribution in [3.63, 3.8) is 0 Å². The average molecular weight is 260 g/mol. The number of amides is 2. The average Bonchev–Trinajstić information content (AvgIpc) is 2.42. The molecule has 0 spiro atoms. The molecule has 1 aliphatic rings. The second-order valence-electron chi connectivity index (χ2n) is 5.48. The Labute approximate surface area is 115 Å². The zero-order valence-electron chi connectivity index (χ0n) is 11.9. The first-order valence-corrected chi connectivity index (χ1v) is 7.36. The Kier molecular flexibility index (Phi) is 4.83. The lowest BCUT2D eigenvalue weighted by Gasteiger charge is -2.29. The van der Waals surface area contributed by atoms with Crippen molar-refractivity contribution in [3.8, 4) is 0 Å². The van der Waals surface area contributed by atoms with Gasteiger partial charge >= 0.3 is 6.03 Å². The Hall–Kier alpha value is -1.51. The number of carbonyl (C=O) groups excluding carboxylic acids is 1.